The van der Waals surface area contributed by atoms with Crippen molar-refractivity contribution >= 4 is 23.8 Å². The van der Waals surface area contributed by atoms with Gasteiger partial charge in [0.05, 0.1) is 0 Å². The first-order valence-electron chi connectivity index (χ1n) is 10.5. The van der Waals surface area contributed by atoms with Crippen molar-refractivity contribution in [1.29, 1.82) is 0 Å². The molecule has 0 spiro atoms. The summed E-state index contributed by atoms with van der Waals surface area (Å²) in [6, 6.07) is -0.0554. The van der Waals surface area contributed by atoms with Crippen molar-refractivity contribution in [1.82, 2.24) is 30.7 Å². The molecule has 1 atom stereocenters. The lowest BCUT2D eigenvalue weighted by atomic mass is 10.1. The Morgan fingerprint density at radius 1 is 1.30 bits per heavy atom. The highest BCUT2D eigenvalue weighted by molar-refractivity contribution is 7.98. The summed E-state index contributed by atoms with van der Waals surface area (Å²) < 4.78 is 7.32. The van der Waals surface area contributed by atoms with Gasteiger partial charge in [-0.2, -0.15) is 11.8 Å². The average molecular weight is 442 g/mol. The summed E-state index contributed by atoms with van der Waals surface area (Å²) >= 11 is 1.82. The third kappa shape index (κ3) is 10.7. The van der Waals surface area contributed by atoms with Gasteiger partial charge in [-0.1, -0.05) is 13.3 Å². The fourth-order valence-corrected chi connectivity index (χ4v) is 3.04. The van der Waals surface area contributed by atoms with Crippen LogP contribution in [0.15, 0.2) is 4.99 Å². The molecule has 0 fully saturated rings. The van der Waals surface area contributed by atoms with E-state index >= 15 is 0 Å². The van der Waals surface area contributed by atoms with Crippen LogP contribution in [0.2, 0.25) is 0 Å². The molecule has 0 aliphatic carbocycles. The van der Waals surface area contributed by atoms with Crippen molar-refractivity contribution in [2.24, 2.45) is 12.0 Å². The fourth-order valence-electron chi connectivity index (χ4n) is 2.60. The molecule has 0 aliphatic rings. The Kier molecular flexibility index (Phi) is 11.6. The molecule has 1 aromatic heterocycles. The zero-order valence-electron chi connectivity index (χ0n) is 19.5. The quantitative estimate of drug-likeness (QED) is 0.275. The Labute approximate surface area is 185 Å². The first-order valence-corrected chi connectivity index (χ1v) is 11.9. The number of carbonyl (C=O) groups excluding carboxylic acids is 1. The zero-order chi connectivity index (χ0) is 22.6. The van der Waals surface area contributed by atoms with Crippen LogP contribution in [0.5, 0.6) is 0 Å². The topological polar surface area (TPSA) is 105 Å². The highest BCUT2D eigenvalue weighted by atomic mass is 32.2. The summed E-state index contributed by atoms with van der Waals surface area (Å²) in [4.78, 5) is 16.8. The lowest BCUT2D eigenvalue weighted by Crippen LogP contribution is -2.48. The molecule has 0 saturated heterocycles. The van der Waals surface area contributed by atoms with E-state index in [0.717, 1.165) is 43.2 Å². The second kappa shape index (κ2) is 13.4. The number of guanidine groups is 1. The van der Waals surface area contributed by atoms with Gasteiger partial charge in [-0.05, 0) is 52.5 Å². The number of rotatable bonds is 11. The molecule has 1 unspecified atom stereocenters. The standard InChI is InChI=1S/C20H39N7O2S/c1-8-10-16(24-19(28)29-20(3,4)5)13-22-18(21-11-9-12-30-7)23-14-17-26-25-15(2)27(17)6/h16H,8-14H2,1-7H3,(H,24,28)(H2,21,22,23). The van der Waals surface area contributed by atoms with E-state index in [1.807, 2.05) is 51.1 Å². The van der Waals surface area contributed by atoms with E-state index in [9.17, 15) is 4.79 Å². The van der Waals surface area contributed by atoms with Crippen LogP contribution in [0.25, 0.3) is 0 Å². The number of ether oxygens (including phenoxy) is 1. The van der Waals surface area contributed by atoms with E-state index in [2.05, 4.69) is 44.3 Å². The number of amides is 1. The van der Waals surface area contributed by atoms with E-state index in [1.165, 1.54) is 0 Å². The monoisotopic (exact) mass is 441 g/mol. The van der Waals surface area contributed by atoms with Crippen molar-refractivity contribution in [2.45, 2.75) is 72.1 Å². The van der Waals surface area contributed by atoms with Crippen LogP contribution >= 0.6 is 11.8 Å². The number of thioether (sulfide) groups is 1. The van der Waals surface area contributed by atoms with Crippen LogP contribution in [-0.4, -0.2) is 63.6 Å². The number of aliphatic imine (C=N–C) groups is 1. The van der Waals surface area contributed by atoms with Crippen molar-refractivity contribution in [3.8, 4) is 0 Å². The SMILES string of the molecule is CCCC(CNC(=NCc1nnc(C)n1C)NCCCSC)NC(=O)OC(C)(C)C. The van der Waals surface area contributed by atoms with E-state index in [-0.39, 0.29) is 6.04 Å². The molecule has 0 bridgehead atoms. The van der Waals surface area contributed by atoms with E-state index in [4.69, 9.17) is 4.74 Å². The molecular formula is C20H39N7O2S. The third-order valence-electron chi connectivity index (χ3n) is 4.25. The van der Waals surface area contributed by atoms with Crippen LogP contribution in [0.1, 0.15) is 58.6 Å². The molecule has 1 heterocycles. The molecule has 1 amide bonds. The number of nitrogens with zero attached hydrogens (tertiary/aromatic N) is 4. The smallest absolute Gasteiger partial charge is 0.407 e. The van der Waals surface area contributed by atoms with E-state index in [1.54, 1.807) is 0 Å². The fraction of sp³-hybridized carbons (Fsp3) is 0.800. The lowest BCUT2D eigenvalue weighted by Gasteiger charge is -2.24. The summed E-state index contributed by atoms with van der Waals surface area (Å²) in [6.45, 7) is 11.4. The first-order chi connectivity index (χ1) is 14.2. The zero-order valence-corrected chi connectivity index (χ0v) is 20.4. The Hall–Kier alpha value is -1.97. The van der Waals surface area contributed by atoms with Crippen LogP contribution in [0.4, 0.5) is 4.79 Å². The number of hydrogen-bond donors (Lipinski definition) is 3. The molecule has 30 heavy (non-hydrogen) atoms. The van der Waals surface area contributed by atoms with Crippen LogP contribution in [0.3, 0.4) is 0 Å². The van der Waals surface area contributed by atoms with Crippen molar-refractivity contribution < 1.29 is 9.53 Å². The predicted molar refractivity (Wildman–Crippen MR) is 124 cm³/mol. The molecule has 172 valence electrons. The van der Waals surface area contributed by atoms with Gasteiger partial charge in [0, 0.05) is 26.2 Å². The molecule has 0 saturated carbocycles. The predicted octanol–water partition coefficient (Wildman–Crippen LogP) is 2.61. The molecule has 3 N–H and O–H groups in total. The molecule has 9 nitrogen and oxygen atoms in total. The maximum atomic E-state index is 12.2. The van der Waals surface area contributed by atoms with Gasteiger partial charge >= 0.3 is 6.09 Å². The minimum absolute atomic E-state index is 0.0554. The van der Waals surface area contributed by atoms with Gasteiger partial charge in [-0.15, -0.1) is 10.2 Å². The second-order valence-corrected chi connectivity index (χ2v) is 9.16. The van der Waals surface area contributed by atoms with Gasteiger partial charge in [0.2, 0.25) is 0 Å². The minimum Gasteiger partial charge on any atom is -0.444 e. The Balaban J connectivity index is 2.72. The number of nitrogens with one attached hydrogen (secondary N) is 3. The second-order valence-electron chi connectivity index (χ2n) is 8.17. The molecule has 0 aliphatic heterocycles. The van der Waals surface area contributed by atoms with Crippen LogP contribution < -0.4 is 16.0 Å². The molecule has 1 rings (SSSR count). The van der Waals surface area contributed by atoms with Crippen LogP contribution in [-0.2, 0) is 18.3 Å². The van der Waals surface area contributed by atoms with Crippen molar-refractivity contribution in [3.05, 3.63) is 11.6 Å². The number of carbonyl (C=O) groups is 1. The summed E-state index contributed by atoms with van der Waals surface area (Å²) in [7, 11) is 1.93. The maximum Gasteiger partial charge on any atom is 0.407 e. The first kappa shape index (κ1) is 26.1. The summed E-state index contributed by atoms with van der Waals surface area (Å²) in [5, 5.41) is 17.9. The largest absolute Gasteiger partial charge is 0.444 e. The van der Waals surface area contributed by atoms with Gasteiger partial charge in [0.25, 0.3) is 0 Å². The molecule has 1 aromatic rings. The highest BCUT2D eigenvalue weighted by Crippen LogP contribution is 2.07. The summed E-state index contributed by atoms with van der Waals surface area (Å²) in [5.41, 5.74) is -0.520. The minimum atomic E-state index is -0.520. The van der Waals surface area contributed by atoms with E-state index < -0.39 is 11.7 Å². The van der Waals surface area contributed by atoms with Crippen LogP contribution in [0, 0.1) is 6.92 Å². The van der Waals surface area contributed by atoms with Gasteiger partial charge < -0.3 is 25.3 Å². The van der Waals surface area contributed by atoms with Gasteiger partial charge in [-0.25, -0.2) is 9.79 Å². The maximum absolute atomic E-state index is 12.2. The highest BCUT2D eigenvalue weighted by Gasteiger charge is 2.19. The number of aromatic nitrogens is 3. The van der Waals surface area contributed by atoms with Gasteiger partial charge in [0.1, 0.15) is 18.0 Å². The number of hydrogen-bond acceptors (Lipinski definition) is 6. The third-order valence-corrected chi connectivity index (χ3v) is 4.95. The van der Waals surface area contributed by atoms with Gasteiger partial charge in [0.15, 0.2) is 11.8 Å². The van der Waals surface area contributed by atoms with E-state index in [0.29, 0.717) is 19.0 Å². The van der Waals surface area contributed by atoms with Crippen molar-refractivity contribution in [3.63, 3.8) is 0 Å². The molecule has 0 aromatic carbocycles. The average Bonchev–Trinajstić information content (AvgIpc) is 2.97. The summed E-state index contributed by atoms with van der Waals surface area (Å²) in [6.07, 6.45) is 4.53. The molecule has 10 heteroatoms. The molecular weight excluding hydrogens is 402 g/mol. The normalized spacial score (nSPS) is 13.1. The number of aryl methyl sites for hydroxylation is 1. The van der Waals surface area contributed by atoms with Crippen molar-refractivity contribution in [2.75, 3.05) is 25.1 Å². The lowest BCUT2D eigenvalue weighted by molar-refractivity contribution is 0.0502. The summed E-state index contributed by atoms with van der Waals surface area (Å²) in [5.74, 6) is 3.44. The number of alkyl carbamates (subject to hydrolysis) is 1. The Morgan fingerprint density at radius 3 is 2.60 bits per heavy atom. The molecule has 0 radical (unpaired) electrons. The van der Waals surface area contributed by atoms with Gasteiger partial charge in [-0.3, -0.25) is 0 Å². The Morgan fingerprint density at radius 2 is 2.03 bits per heavy atom. The Bertz CT molecular complexity index is 671.